The molecule has 0 aliphatic heterocycles. The van der Waals surface area contributed by atoms with Gasteiger partial charge in [0, 0.05) is 16.9 Å². The summed E-state index contributed by atoms with van der Waals surface area (Å²) in [4.78, 5) is 12.2. The Morgan fingerprint density at radius 3 is 2.45 bits per heavy atom. The summed E-state index contributed by atoms with van der Waals surface area (Å²) in [6.45, 7) is 0.643. The van der Waals surface area contributed by atoms with Crippen LogP contribution in [0.2, 0.25) is 0 Å². The Kier molecular flexibility index (Phi) is 5.92. The van der Waals surface area contributed by atoms with Crippen LogP contribution in [-0.2, 0) is 6.42 Å². The molecule has 0 aromatic heterocycles. The van der Waals surface area contributed by atoms with Crippen LogP contribution in [0.5, 0.6) is 0 Å². The summed E-state index contributed by atoms with van der Waals surface area (Å²) in [5.74, 6) is 0.0527. The van der Waals surface area contributed by atoms with E-state index in [0.29, 0.717) is 12.6 Å². The Morgan fingerprint density at radius 1 is 1.25 bits per heavy atom. The highest BCUT2D eigenvalue weighted by atomic mass is 32.2. The molecule has 3 nitrogen and oxygen atoms in total. The van der Waals surface area contributed by atoms with E-state index in [9.17, 15) is 4.79 Å². The number of thioether (sulfide) groups is 1. The van der Waals surface area contributed by atoms with E-state index >= 15 is 0 Å². The van der Waals surface area contributed by atoms with Crippen molar-refractivity contribution in [3.05, 3.63) is 35.4 Å². The molecule has 1 fully saturated rings. The zero-order valence-electron chi connectivity index (χ0n) is 12.1. The topological polar surface area (TPSA) is 55.1 Å². The molecule has 20 heavy (non-hydrogen) atoms. The van der Waals surface area contributed by atoms with Crippen molar-refractivity contribution in [2.24, 2.45) is 5.73 Å². The third-order valence-corrected chi connectivity index (χ3v) is 5.13. The first kappa shape index (κ1) is 15.4. The molecule has 0 unspecified atom stereocenters. The van der Waals surface area contributed by atoms with Gasteiger partial charge in [-0.2, -0.15) is 11.8 Å². The monoisotopic (exact) mass is 292 g/mol. The average Bonchev–Trinajstić information content (AvgIpc) is 2.49. The van der Waals surface area contributed by atoms with Crippen LogP contribution >= 0.6 is 11.8 Å². The lowest BCUT2D eigenvalue weighted by molar-refractivity contribution is 0.0928. The molecule has 1 amide bonds. The molecule has 0 radical (unpaired) electrons. The van der Waals surface area contributed by atoms with E-state index in [-0.39, 0.29) is 5.91 Å². The summed E-state index contributed by atoms with van der Waals surface area (Å²) < 4.78 is 0. The molecule has 2 rings (SSSR count). The number of carbonyl (C=O) groups excluding carboxylic acids is 1. The lowest BCUT2D eigenvalue weighted by Gasteiger charge is -2.28. The van der Waals surface area contributed by atoms with Gasteiger partial charge in [0.1, 0.15) is 0 Å². The minimum Gasteiger partial charge on any atom is -0.349 e. The number of hydrogen-bond acceptors (Lipinski definition) is 3. The van der Waals surface area contributed by atoms with Crippen LogP contribution in [0, 0.1) is 0 Å². The number of carbonyl (C=O) groups is 1. The maximum Gasteiger partial charge on any atom is 0.251 e. The number of hydrogen-bond donors (Lipinski definition) is 2. The van der Waals surface area contributed by atoms with E-state index in [4.69, 9.17) is 5.73 Å². The average molecular weight is 292 g/mol. The van der Waals surface area contributed by atoms with Crippen LogP contribution in [0.4, 0.5) is 0 Å². The van der Waals surface area contributed by atoms with E-state index in [1.807, 2.05) is 36.0 Å². The van der Waals surface area contributed by atoms with Gasteiger partial charge in [0.2, 0.25) is 0 Å². The summed E-state index contributed by atoms with van der Waals surface area (Å²) in [6, 6.07) is 8.12. The molecular formula is C16H24N2OS. The second-order valence-electron chi connectivity index (χ2n) is 5.42. The Labute approximate surface area is 125 Å². The van der Waals surface area contributed by atoms with Gasteiger partial charge in [0.25, 0.3) is 5.91 Å². The fourth-order valence-corrected chi connectivity index (χ4v) is 3.44. The van der Waals surface area contributed by atoms with Crippen LogP contribution in [-0.4, -0.2) is 30.0 Å². The quantitative estimate of drug-likeness (QED) is 0.877. The van der Waals surface area contributed by atoms with Crippen LogP contribution < -0.4 is 11.1 Å². The highest BCUT2D eigenvalue weighted by Gasteiger charge is 2.21. The van der Waals surface area contributed by atoms with Crippen molar-refractivity contribution in [2.75, 3.05) is 12.8 Å². The van der Waals surface area contributed by atoms with Crippen molar-refractivity contribution in [1.82, 2.24) is 5.32 Å². The molecule has 0 bridgehead atoms. The normalized spacial score (nSPS) is 22.5. The van der Waals surface area contributed by atoms with Gasteiger partial charge in [0.15, 0.2) is 0 Å². The Balaban J connectivity index is 1.85. The fraction of sp³-hybridized carbons (Fsp3) is 0.562. The molecule has 0 saturated heterocycles. The van der Waals surface area contributed by atoms with E-state index in [1.54, 1.807) is 0 Å². The minimum absolute atomic E-state index is 0.0527. The molecule has 0 heterocycles. The first-order valence-electron chi connectivity index (χ1n) is 7.35. The van der Waals surface area contributed by atoms with Crippen molar-refractivity contribution in [3.8, 4) is 0 Å². The second-order valence-corrected chi connectivity index (χ2v) is 6.56. The molecule has 0 spiro atoms. The summed E-state index contributed by atoms with van der Waals surface area (Å²) in [7, 11) is 0. The molecule has 1 aliphatic rings. The third-order valence-electron chi connectivity index (χ3n) is 3.99. The van der Waals surface area contributed by atoms with E-state index in [1.165, 1.54) is 18.4 Å². The summed E-state index contributed by atoms with van der Waals surface area (Å²) in [5.41, 5.74) is 7.46. The zero-order valence-corrected chi connectivity index (χ0v) is 12.9. The number of benzene rings is 1. The Hall–Kier alpha value is -1.00. The van der Waals surface area contributed by atoms with Crippen molar-refractivity contribution < 1.29 is 4.79 Å². The van der Waals surface area contributed by atoms with Crippen molar-refractivity contribution in [1.29, 1.82) is 0 Å². The molecule has 1 aliphatic carbocycles. The van der Waals surface area contributed by atoms with Gasteiger partial charge in [0.05, 0.1) is 0 Å². The molecule has 4 heteroatoms. The Bertz CT molecular complexity index is 425. The van der Waals surface area contributed by atoms with Crippen molar-refractivity contribution in [3.63, 3.8) is 0 Å². The molecule has 1 aromatic carbocycles. The zero-order chi connectivity index (χ0) is 14.4. The first-order chi connectivity index (χ1) is 9.72. The molecule has 1 aromatic rings. The second kappa shape index (κ2) is 7.70. The maximum absolute atomic E-state index is 12.2. The lowest BCUT2D eigenvalue weighted by atomic mass is 9.94. The number of nitrogens with one attached hydrogen (secondary N) is 1. The van der Waals surface area contributed by atoms with E-state index < -0.39 is 0 Å². The van der Waals surface area contributed by atoms with Crippen LogP contribution in [0.15, 0.2) is 24.3 Å². The predicted molar refractivity (Wildman–Crippen MR) is 86.2 cm³/mol. The number of amides is 1. The SMILES string of the molecule is CSC1CCC(NC(=O)c2ccc(CCN)cc2)CC1. The fourth-order valence-electron chi connectivity index (χ4n) is 2.70. The largest absolute Gasteiger partial charge is 0.349 e. The molecule has 0 atom stereocenters. The maximum atomic E-state index is 12.2. The molecular weight excluding hydrogens is 268 g/mol. The smallest absolute Gasteiger partial charge is 0.251 e. The van der Waals surface area contributed by atoms with E-state index in [2.05, 4.69) is 11.6 Å². The van der Waals surface area contributed by atoms with E-state index in [0.717, 1.165) is 30.1 Å². The van der Waals surface area contributed by atoms with Gasteiger partial charge in [-0.15, -0.1) is 0 Å². The lowest BCUT2D eigenvalue weighted by Crippen LogP contribution is -2.38. The standard InChI is InChI=1S/C16H24N2OS/c1-20-15-8-6-14(7-9-15)18-16(19)13-4-2-12(3-5-13)10-11-17/h2-5,14-15H,6-11,17H2,1H3,(H,18,19). The molecule has 1 saturated carbocycles. The van der Waals surface area contributed by atoms with Crippen LogP contribution in [0.1, 0.15) is 41.6 Å². The van der Waals surface area contributed by atoms with Gasteiger partial charge in [-0.1, -0.05) is 12.1 Å². The van der Waals surface area contributed by atoms with Crippen LogP contribution in [0.3, 0.4) is 0 Å². The van der Waals surface area contributed by atoms with Gasteiger partial charge in [-0.3, -0.25) is 4.79 Å². The minimum atomic E-state index is 0.0527. The number of nitrogens with two attached hydrogens (primary N) is 1. The van der Waals surface area contributed by atoms with Crippen molar-refractivity contribution >= 4 is 17.7 Å². The van der Waals surface area contributed by atoms with Gasteiger partial charge >= 0.3 is 0 Å². The summed E-state index contributed by atoms with van der Waals surface area (Å²) in [6.07, 6.45) is 7.65. The first-order valence-corrected chi connectivity index (χ1v) is 8.64. The van der Waals surface area contributed by atoms with Crippen molar-refractivity contribution in [2.45, 2.75) is 43.4 Å². The van der Waals surface area contributed by atoms with Crippen LogP contribution in [0.25, 0.3) is 0 Å². The van der Waals surface area contributed by atoms with Gasteiger partial charge in [-0.05, 0) is 62.6 Å². The number of rotatable bonds is 5. The van der Waals surface area contributed by atoms with Gasteiger partial charge in [-0.25, -0.2) is 0 Å². The van der Waals surface area contributed by atoms with Gasteiger partial charge < -0.3 is 11.1 Å². The summed E-state index contributed by atoms with van der Waals surface area (Å²) >= 11 is 1.95. The summed E-state index contributed by atoms with van der Waals surface area (Å²) in [5, 5.41) is 3.93. The molecule has 110 valence electrons. The molecule has 3 N–H and O–H groups in total. The third kappa shape index (κ3) is 4.25. The highest BCUT2D eigenvalue weighted by Crippen LogP contribution is 2.26. The predicted octanol–water partition coefficient (Wildman–Crippen LogP) is 2.59. The highest BCUT2D eigenvalue weighted by molar-refractivity contribution is 7.99. The Morgan fingerprint density at radius 2 is 1.90 bits per heavy atom.